The number of benzene rings is 1. The van der Waals surface area contributed by atoms with E-state index in [1.54, 1.807) is 12.4 Å². The van der Waals surface area contributed by atoms with Crippen molar-refractivity contribution >= 4 is 11.7 Å². The minimum Gasteiger partial charge on any atom is -0.487 e. The summed E-state index contributed by atoms with van der Waals surface area (Å²) < 4.78 is 33.1. The molecular weight excluding hydrogens is 468 g/mol. The number of H-pyrrole nitrogens is 1. The van der Waals surface area contributed by atoms with Crippen molar-refractivity contribution in [1.82, 2.24) is 30.4 Å². The lowest BCUT2D eigenvalue weighted by molar-refractivity contribution is -0.138. The van der Waals surface area contributed by atoms with Gasteiger partial charge < -0.3 is 19.9 Å². The third kappa shape index (κ3) is 4.39. The molecule has 1 aromatic carbocycles. The van der Waals surface area contributed by atoms with Crippen molar-refractivity contribution in [3.63, 3.8) is 0 Å². The molecule has 2 N–H and O–H groups in total. The molecule has 5 heterocycles. The summed E-state index contributed by atoms with van der Waals surface area (Å²) in [5, 5.41) is 10.1. The number of hydrogen-bond acceptors (Lipinski definition) is 7. The molecule has 0 spiro atoms. The number of fused-ring (bicyclic) bond motifs is 1. The first-order chi connectivity index (χ1) is 17.5. The summed E-state index contributed by atoms with van der Waals surface area (Å²) in [6, 6.07) is 3.37. The van der Waals surface area contributed by atoms with E-state index in [1.165, 1.54) is 12.1 Å². The fourth-order valence-electron chi connectivity index (χ4n) is 4.96. The Morgan fingerprint density at radius 1 is 1.08 bits per heavy atom. The second-order valence-electron chi connectivity index (χ2n) is 9.52. The van der Waals surface area contributed by atoms with E-state index in [9.17, 15) is 13.6 Å². The van der Waals surface area contributed by atoms with E-state index in [-0.39, 0.29) is 23.7 Å². The summed E-state index contributed by atoms with van der Waals surface area (Å²) in [5.74, 6) is -0.237. The van der Waals surface area contributed by atoms with E-state index in [1.807, 2.05) is 4.90 Å². The van der Waals surface area contributed by atoms with Crippen LogP contribution in [-0.2, 0) is 17.8 Å². The Kier molecular flexibility index (Phi) is 6.00. The van der Waals surface area contributed by atoms with Crippen LogP contribution in [-0.4, -0.2) is 69.8 Å². The predicted octanol–water partition coefficient (Wildman–Crippen LogP) is 2.30. The van der Waals surface area contributed by atoms with E-state index in [0.29, 0.717) is 45.4 Å². The molecule has 0 saturated carbocycles. The molecular formula is C25H27F2N7O2. The topological polar surface area (TPSA) is 99.3 Å². The quantitative estimate of drug-likeness (QED) is 0.560. The Balaban J connectivity index is 1.21. The Morgan fingerprint density at radius 3 is 2.61 bits per heavy atom. The van der Waals surface area contributed by atoms with Gasteiger partial charge in [-0.15, -0.1) is 0 Å². The van der Waals surface area contributed by atoms with Crippen LogP contribution in [0, 0.1) is 17.6 Å². The number of carbonyl (C=O) groups excluding carboxylic acids is 1. The molecule has 0 aliphatic carbocycles. The second-order valence-corrected chi connectivity index (χ2v) is 9.52. The highest BCUT2D eigenvalue weighted by molar-refractivity contribution is 5.80. The summed E-state index contributed by atoms with van der Waals surface area (Å²) in [5.41, 5.74) is 3.30. The molecule has 2 fully saturated rings. The van der Waals surface area contributed by atoms with Gasteiger partial charge in [0.1, 0.15) is 17.6 Å². The van der Waals surface area contributed by atoms with Crippen molar-refractivity contribution in [2.45, 2.75) is 31.9 Å². The maximum atomic E-state index is 14.0. The Hall–Kier alpha value is -3.60. The van der Waals surface area contributed by atoms with Crippen LogP contribution < -0.4 is 15.0 Å². The van der Waals surface area contributed by atoms with Gasteiger partial charge in [0.25, 0.3) is 0 Å². The number of ether oxygens (including phenoxy) is 1. The van der Waals surface area contributed by atoms with Crippen molar-refractivity contribution in [3.05, 3.63) is 53.6 Å². The first-order valence-corrected chi connectivity index (χ1v) is 12.3. The first kappa shape index (κ1) is 22.8. The van der Waals surface area contributed by atoms with Crippen LogP contribution in [0.2, 0.25) is 0 Å². The third-order valence-electron chi connectivity index (χ3n) is 7.13. The number of aromatic nitrogens is 4. The molecule has 3 aliphatic rings. The Morgan fingerprint density at radius 2 is 1.92 bits per heavy atom. The van der Waals surface area contributed by atoms with E-state index in [4.69, 9.17) is 14.7 Å². The fraction of sp³-hybridized carbons (Fsp3) is 0.440. The lowest BCUT2D eigenvalue weighted by atomic mass is 10.00. The minimum atomic E-state index is -0.693. The molecule has 3 aliphatic heterocycles. The molecule has 188 valence electrons. The van der Waals surface area contributed by atoms with Crippen molar-refractivity contribution in [3.8, 4) is 17.0 Å². The highest BCUT2D eigenvalue weighted by atomic mass is 19.1. The molecule has 6 rings (SSSR count). The summed E-state index contributed by atoms with van der Waals surface area (Å²) in [6.45, 7) is 3.89. The van der Waals surface area contributed by atoms with Crippen LogP contribution in [0.5, 0.6) is 5.75 Å². The Bertz CT molecular complexity index is 1260. The van der Waals surface area contributed by atoms with Gasteiger partial charge in [0.2, 0.25) is 5.91 Å². The SMILES string of the molecule is O=C(C1CNC1)N1CCc2nc(N3CCC(Oc4ccc(F)cc4F)CC3)c(-c3cn[nH]c3)nc2C1. The summed E-state index contributed by atoms with van der Waals surface area (Å²) in [7, 11) is 0. The Labute approximate surface area is 206 Å². The molecule has 3 aromatic rings. The molecule has 0 atom stereocenters. The van der Waals surface area contributed by atoms with Crippen molar-refractivity contribution in [2.24, 2.45) is 5.92 Å². The third-order valence-corrected chi connectivity index (χ3v) is 7.13. The van der Waals surface area contributed by atoms with Gasteiger partial charge >= 0.3 is 0 Å². The zero-order chi connectivity index (χ0) is 24.6. The standard InChI is InChI=1S/C25H27F2N7O2/c26-17-1-2-22(19(27)9-17)36-18-3-6-33(7-4-18)24-23(15-12-29-30-13-15)31-21-14-34(8-5-20(21)32-24)25(35)16-10-28-11-16/h1-2,9,12-13,16,18,28H,3-8,10-11,14H2,(H,29,30). The maximum absolute atomic E-state index is 14.0. The second kappa shape index (κ2) is 9.45. The van der Waals surface area contributed by atoms with Gasteiger partial charge in [-0.05, 0) is 12.1 Å². The zero-order valence-electron chi connectivity index (χ0n) is 19.7. The molecule has 9 nitrogen and oxygen atoms in total. The smallest absolute Gasteiger partial charge is 0.228 e. The van der Waals surface area contributed by atoms with Crippen LogP contribution in [0.15, 0.2) is 30.6 Å². The highest BCUT2D eigenvalue weighted by Crippen LogP contribution is 2.33. The lowest BCUT2D eigenvalue weighted by Crippen LogP contribution is -2.53. The fourth-order valence-corrected chi connectivity index (χ4v) is 4.96. The van der Waals surface area contributed by atoms with Crippen LogP contribution in [0.1, 0.15) is 24.2 Å². The van der Waals surface area contributed by atoms with Gasteiger partial charge in [-0.2, -0.15) is 5.10 Å². The number of halogens is 2. The minimum absolute atomic E-state index is 0.0547. The number of nitrogens with zero attached hydrogens (tertiary/aromatic N) is 5. The van der Waals surface area contributed by atoms with E-state index in [2.05, 4.69) is 20.4 Å². The number of anilines is 1. The molecule has 36 heavy (non-hydrogen) atoms. The lowest BCUT2D eigenvalue weighted by Gasteiger charge is -2.36. The monoisotopic (exact) mass is 495 g/mol. The summed E-state index contributed by atoms with van der Waals surface area (Å²) >= 11 is 0. The molecule has 0 bridgehead atoms. The predicted molar refractivity (Wildman–Crippen MR) is 127 cm³/mol. The normalized spacial score (nSPS) is 18.6. The molecule has 0 unspecified atom stereocenters. The van der Waals surface area contributed by atoms with Crippen molar-refractivity contribution < 1.29 is 18.3 Å². The summed E-state index contributed by atoms with van der Waals surface area (Å²) in [4.78, 5) is 26.9. The van der Waals surface area contributed by atoms with Crippen LogP contribution in [0.4, 0.5) is 14.6 Å². The van der Waals surface area contributed by atoms with Crippen LogP contribution in [0.25, 0.3) is 11.3 Å². The molecule has 1 amide bonds. The number of hydrogen-bond donors (Lipinski definition) is 2. The average molecular weight is 496 g/mol. The number of rotatable bonds is 5. The van der Waals surface area contributed by atoms with E-state index < -0.39 is 11.6 Å². The number of amides is 1. The molecule has 2 saturated heterocycles. The number of carbonyl (C=O) groups is 1. The average Bonchev–Trinajstić information content (AvgIpc) is 3.39. The number of piperidine rings is 1. The van der Waals surface area contributed by atoms with Gasteiger partial charge in [0.05, 0.1) is 30.0 Å². The molecule has 0 radical (unpaired) electrons. The van der Waals surface area contributed by atoms with Crippen LogP contribution >= 0.6 is 0 Å². The van der Waals surface area contributed by atoms with Gasteiger partial charge in [0, 0.05) is 69.8 Å². The van der Waals surface area contributed by atoms with Gasteiger partial charge in [-0.1, -0.05) is 0 Å². The largest absolute Gasteiger partial charge is 0.487 e. The zero-order valence-corrected chi connectivity index (χ0v) is 19.7. The van der Waals surface area contributed by atoms with Gasteiger partial charge in [0.15, 0.2) is 17.4 Å². The first-order valence-electron chi connectivity index (χ1n) is 12.3. The van der Waals surface area contributed by atoms with Crippen molar-refractivity contribution in [2.75, 3.05) is 37.6 Å². The van der Waals surface area contributed by atoms with Gasteiger partial charge in [-0.25, -0.2) is 18.7 Å². The van der Waals surface area contributed by atoms with E-state index in [0.717, 1.165) is 47.6 Å². The summed E-state index contributed by atoms with van der Waals surface area (Å²) in [6.07, 6.45) is 5.33. The molecule has 11 heteroatoms. The molecule has 2 aromatic heterocycles. The van der Waals surface area contributed by atoms with Crippen molar-refractivity contribution in [1.29, 1.82) is 0 Å². The van der Waals surface area contributed by atoms with Gasteiger partial charge in [-0.3, -0.25) is 9.89 Å². The van der Waals surface area contributed by atoms with E-state index >= 15 is 0 Å². The maximum Gasteiger partial charge on any atom is 0.228 e. The highest BCUT2D eigenvalue weighted by Gasteiger charge is 2.33. The number of aromatic amines is 1. The van der Waals surface area contributed by atoms with Crippen LogP contribution in [0.3, 0.4) is 0 Å². The number of nitrogens with one attached hydrogen (secondary N) is 2.